The Labute approximate surface area is 89.6 Å². The van der Waals surface area contributed by atoms with E-state index in [0.717, 1.165) is 6.42 Å². The number of carbonyl (C=O) groups excluding carboxylic acids is 2. The van der Waals surface area contributed by atoms with E-state index in [0.29, 0.717) is 19.6 Å². The molecule has 0 aromatic heterocycles. The molecule has 1 aliphatic rings. The first-order chi connectivity index (χ1) is 7.07. The van der Waals surface area contributed by atoms with E-state index in [1.54, 1.807) is 13.8 Å². The van der Waals surface area contributed by atoms with Crippen molar-refractivity contribution in [2.24, 2.45) is 5.73 Å². The van der Waals surface area contributed by atoms with Crippen LogP contribution in [0.2, 0.25) is 0 Å². The highest BCUT2D eigenvalue weighted by atomic mass is 16.5. The Morgan fingerprint density at radius 1 is 1.60 bits per heavy atom. The van der Waals surface area contributed by atoms with Crippen LogP contribution in [0.25, 0.3) is 0 Å². The van der Waals surface area contributed by atoms with E-state index < -0.39 is 12.1 Å². The van der Waals surface area contributed by atoms with Crippen molar-refractivity contribution in [1.82, 2.24) is 4.90 Å². The Morgan fingerprint density at radius 2 is 2.27 bits per heavy atom. The Hall–Kier alpha value is -1.10. The number of ether oxygens (including phenoxy) is 1. The fourth-order valence-corrected chi connectivity index (χ4v) is 1.78. The number of likely N-dealkylation sites (tertiary alicyclic amines) is 1. The topological polar surface area (TPSA) is 72.6 Å². The van der Waals surface area contributed by atoms with E-state index in [4.69, 9.17) is 10.5 Å². The van der Waals surface area contributed by atoms with Crippen LogP contribution in [0.4, 0.5) is 0 Å². The molecule has 0 saturated carbocycles. The van der Waals surface area contributed by atoms with Crippen LogP contribution in [0.15, 0.2) is 0 Å². The number of hydrogen-bond acceptors (Lipinski definition) is 4. The Balaban J connectivity index is 2.64. The normalized spacial score (nSPS) is 22.6. The lowest BCUT2D eigenvalue weighted by Crippen LogP contribution is -2.47. The predicted molar refractivity (Wildman–Crippen MR) is 55.0 cm³/mol. The molecule has 1 heterocycles. The first kappa shape index (κ1) is 12.0. The maximum absolute atomic E-state index is 11.7. The molecular weight excluding hydrogens is 196 g/mol. The average molecular weight is 214 g/mol. The molecule has 5 heteroatoms. The Kier molecular flexibility index (Phi) is 4.08. The second-order valence-electron chi connectivity index (χ2n) is 3.73. The minimum absolute atomic E-state index is 0.175. The van der Waals surface area contributed by atoms with Crippen molar-refractivity contribution in [2.45, 2.75) is 38.8 Å². The van der Waals surface area contributed by atoms with Crippen LogP contribution in [0.1, 0.15) is 26.7 Å². The van der Waals surface area contributed by atoms with Crippen molar-refractivity contribution >= 4 is 11.9 Å². The summed E-state index contributed by atoms with van der Waals surface area (Å²) in [5.74, 6) is -0.491. The van der Waals surface area contributed by atoms with Crippen LogP contribution in [0, 0.1) is 0 Å². The SMILES string of the molecule is CCOC(=O)[C@@H]1CCCN1C(=O)[C@H](C)N. The van der Waals surface area contributed by atoms with Gasteiger partial charge in [-0.1, -0.05) is 0 Å². The third-order valence-electron chi connectivity index (χ3n) is 2.48. The maximum Gasteiger partial charge on any atom is 0.328 e. The first-order valence-corrected chi connectivity index (χ1v) is 5.30. The van der Waals surface area contributed by atoms with Crippen molar-refractivity contribution in [1.29, 1.82) is 0 Å². The molecule has 0 bridgehead atoms. The minimum Gasteiger partial charge on any atom is -0.464 e. The summed E-state index contributed by atoms with van der Waals surface area (Å²) in [6.45, 7) is 4.33. The summed E-state index contributed by atoms with van der Waals surface area (Å²) in [6.07, 6.45) is 1.51. The summed E-state index contributed by atoms with van der Waals surface area (Å²) in [5, 5.41) is 0. The summed E-state index contributed by atoms with van der Waals surface area (Å²) >= 11 is 0. The number of nitrogens with two attached hydrogens (primary N) is 1. The van der Waals surface area contributed by atoms with Crippen LogP contribution in [-0.4, -0.2) is 42.0 Å². The van der Waals surface area contributed by atoms with Gasteiger partial charge < -0.3 is 15.4 Å². The molecule has 1 saturated heterocycles. The second-order valence-corrected chi connectivity index (χ2v) is 3.73. The van der Waals surface area contributed by atoms with Gasteiger partial charge in [0.25, 0.3) is 0 Å². The van der Waals surface area contributed by atoms with Gasteiger partial charge in [-0.05, 0) is 26.7 Å². The molecule has 1 fully saturated rings. The molecular formula is C10H18N2O3. The molecule has 0 aromatic carbocycles. The number of carbonyl (C=O) groups is 2. The van der Waals surface area contributed by atoms with Gasteiger partial charge in [-0.25, -0.2) is 4.79 Å². The van der Waals surface area contributed by atoms with Gasteiger partial charge in [-0.2, -0.15) is 0 Å². The molecule has 5 nitrogen and oxygen atoms in total. The minimum atomic E-state index is -0.556. The lowest BCUT2D eigenvalue weighted by atomic mass is 10.2. The second kappa shape index (κ2) is 5.11. The van der Waals surface area contributed by atoms with Crippen LogP contribution < -0.4 is 5.73 Å². The molecule has 86 valence electrons. The summed E-state index contributed by atoms with van der Waals surface area (Å²) in [4.78, 5) is 24.7. The van der Waals surface area contributed by atoms with Gasteiger partial charge in [-0.15, -0.1) is 0 Å². The average Bonchev–Trinajstić information content (AvgIpc) is 2.65. The molecule has 1 aliphatic heterocycles. The predicted octanol–water partition coefficient (Wildman–Crippen LogP) is -0.112. The highest BCUT2D eigenvalue weighted by molar-refractivity contribution is 5.87. The lowest BCUT2D eigenvalue weighted by molar-refractivity contribution is -0.153. The van der Waals surface area contributed by atoms with E-state index >= 15 is 0 Å². The molecule has 2 N–H and O–H groups in total. The van der Waals surface area contributed by atoms with Crippen LogP contribution >= 0.6 is 0 Å². The van der Waals surface area contributed by atoms with Crippen LogP contribution in [0.3, 0.4) is 0 Å². The molecule has 0 radical (unpaired) electrons. The summed E-state index contributed by atoms with van der Waals surface area (Å²) < 4.78 is 4.91. The molecule has 0 aromatic rings. The van der Waals surface area contributed by atoms with Crippen molar-refractivity contribution in [3.05, 3.63) is 0 Å². The largest absolute Gasteiger partial charge is 0.464 e. The van der Waals surface area contributed by atoms with Gasteiger partial charge in [0.1, 0.15) is 6.04 Å². The third-order valence-corrected chi connectivity index (χ3v) is 2.48. The van der Waals surface area contributed by atoms with Gasteiger partial charge in [0.2, 0.25) is 5.91 Å². The van der Waals surface area contributed by atoms with E-state index in [1.165, 1.54) is 4.90 Å². The summed E-state index contributed by atoms with van der Waals surface area (Å²) in [5.41, 5.74) is 5.51. The quantitative estimate of drug-likeness (QED) is 0.665. The first-order valence-electron chi connectivity index (χ1n) is 5.30. The zero-order valence-electron chi connectivity index (χ0n) is 9.23. The fraction of sp³-hybridized carbons (Fsp3) is 0.800. The standard InChI is InChI=1S/C10H18N2O3/c1-3-15-10(14)8-5-4-6-12(8)9(13)7(2)11/h7-8H,3-6,11H2,1-2H3/t7-,8-/m0/s1. The van der Waals surface area contributed by atoms with Crippen molar-refractivity contribution < 1.29 is 14.3 Å². The molecule has 2 atom stereocenters. The molecule has 0 spiro atoms. The van der Waals surface area contributed by atoms with Crippen molar-refractivity contribution in [3.8, 4) is 0 Å². The van der Waals surface area contributed by atoms with Gasteiger partial charge in [0.05, 0.1) is 12.6 Å². The number of hydrogen-bond donors (Lipinski definition) is 1. The summed E-state index contributed by atoms with van der Waals surface area (Å²) in [6, 6.07) is -0.983. The monoisotopic (exact) mass is 214 g/mol. The van der Waals surface area contributed by atoms with E-state index in [1.807, 2.05) is 0 Å². The van der Waals surface area contributed by atoms with E-state index in [-0.39, 0.29) is 11.9 Å². The lowest BCUT2D eigenvalue weighted by Gasteiger charge is -2.24. The number of amides is 1. The fourth-order valence-electron chi connectivity index (χ4n) is 1.78. The van der Waals surface area contributed by atoms with E-state index in [2.05, 4.69) is 0 Å². The van der Waals surface area contributed by atoms with E-state index in [9.17, 15) is 9.59 Å². The molecule has 1 rings (SSSR count). The van der Waals surface area contributed by atoms with Gasteiger partial charge in [-0.3, -0.25) is 4.79 Å². The van der Waals surface area contributed by atoms with Gasteiger partial charge in [0, 0.05) is 6.54 Å². The number of rotatable bonds is 3. The maximum atomic E-state index is 11.7. The van der Waals surface area contributed by atoms with Crippen molar-refractivity contribution in [3.63, 3.8) is 0 Å². The van der Waals surface area contributed by atoms with Gasteiger partial charge in [0.15, 0.2) is 0 Å². The Morgan fingerprint density at radius 3 is 2.80 bits per heavy atom. The smallest absolute Gasteiger partial charge is 0.328 e. The van der Waals surface area contributed by atoms with Gasteiger partial charge >= 0.3 is 5.97 Å². The Bertz CT molecular complexity index is 253. The number of esters is 1. The third kappa shape index (κ3) is 2.68. The molecule has 0 aliphatic carbocycles. The molecule has 15 heavy (non-hydrogen) atoms. The number of nitrogens with zero attached hydrogens (tertiary/aromatic N) is 1. The zero-order chi connectivity index (χ0) is 11.4. The highest BCUT2D eigenvalue weighted by Crippen LogP contribution is 2.19. The highest BCUT2D eigenvalue weighted by Gasteiger charge is 2.35. The summed E-state index contributed by atoms with van der Waals surface area (Å²) in [7, 11) is 0. The van der Waals surface area contributed by atoms with Crippen LogP contribution in [0.5, 0.6) is 0 Å². The zero-order valence-corrected chi connectivity index (χ0v) is 9.23. The van der Waals surface area contributed by atoms with Crippen molar-refractivity contribution in [2.75, 3.05) is 13.2 Å². The molecule has 0 unspecified atom stereocenters. The van der Waals surface area contributed by atoms with Crippen LogP contribution in [-0.2, 0) is 14.3 Å². The molecule has 1 amide bonds.